The van der Waals surface area contributed by atoms with E-state index in [0.717, 1.165) is 16.7 Å². The lowest BCUT2D eigenvalue weighted by molar-refractivity contribution is -0.137. The molecule has 3 rings (SSSR count). The molecule has 0 atom stereocenters. The number of methoxy groups -OCH3 is 3. The molecule has 2 aromatic carbocycles. The number of nitrogens with one attached hydrogen (secondary N) is 1. The summed E-state index contributed by atoms with van der Waals surface area (Å²) in [6.45, 7) is 8.22. The smallest absolute Gasteiger partial charge is 0.278 e. The first-order valence-corrected chi connectivity index (χ1v) is 10.5. The van der Waals surface area contributed by atoms with E-state index >= 15 is 0 Å². The fourth-order valence-electron chi connectivity index (χ4n) is 3.86. The Bertz CT molecular complexity index is 1060. The van der Waals surface area contributed by atoms with E-state index in [2.05, 4.69) is 5.32 Å². The average molecular weight is 439 g/mol. The number of benzene rings is 2. The largest absolute Gasteiger partial charge is 0.493 e. The van der Waals surface area contributed by atoms with Crippen molar-refractivity contribution in [2.45, 2.75) is 27.7 Å². The highest BCUT2D eigenvalue weighted by atomic mass is 16.5. The quantitative estimate of drug-likeness (QED) is 0.623. The Hall–Kier alpha value is -3.48. The van der Waals surface area contributed by atoms with E-state index in [1.807, 2.05) is 45.9 Å². The van der Waals surface area contributed by atoms with Crippen LogP contribution in [0.5, 0.6) is 17.2 Å². The maximum atomic E-state index is 13.4. The number of carbonyl (C=O) groups is 2. The molecule has 0 radical (unpaired) electrons. The summed E-state index contributed by atoms with van der Waals surface area (Å²) in [6, 6.07) is 9.24. The number of aryl methyl sites for hydroxylation is 2. The molecule has 170 valence electrons. The summed E-state index contributed by atoms with van der Waals surface area (Å²) >= 11 is 0. The van der Waals surface area contributed by atoms with Gasteiger partial charge in [0.25, 0.3) is 11.8 Å². The molecule has 1 N–H and O–H groups in total. The number of anilines is 1. The van der Waals surface area contributed by atoms with E-state index in [-0.39, 0.29) is 23.4 Å². The Labute approximate surface area is 189 Å². The molecule has 1 heterocycles. The van der Waals surface area contributed by atoms with Gasteiger partial charge in [-0.2, -0.15) is 0 Å². The van der Waals surface area contributed by atoms with Gasteiger partial charge in [0.15, 0.2) is 11.5 Å². The second-order valence-electron chi connectivity index (χ2n) is 8.22. The Morgan fingerprint density at radius 2 is 1.53 bits per heavy atom. The lowest BCUT2D eigenvalue weighted by atomic mass is 9.97. The first kappa shape index (κ1) is 23.2. The maximum Gasteiger partial charge on any atom is 0.278 e. The molecule has 0 aromatic heterocycles. The molecule has 0 saturated carbocycles. The van der Waals surface area contributed by atoms with E-state index in [0.29, 0.717) is 35.1 Å². The van der Waals surface area contributed by atoms with Crippen molar-refractivity contribution in [2.75, 3.05) is 33.2 Å². The van der Waals surface area contributed by atoms with Gasteiger partial charge in [0.1, 0.15) is 5.70 Å². The van der Waals surface area contributed by atoms with Gasteiger partial charge in [-0.15, -0.1) is 0 Å². The molecular formula is C25H30N2O5. The average Bonchev–Trinajstić information content (AvgIpc) is 2.97. The number of carbonyl (C=O) groups excluding carboxylic acids is 2. The van der Waals surface area contributed by atoms with Crippen molar-refractivity contribution in [3.8, 4) is 17.2 Å². The van der Waals surface area contributed by atoms with E-state index in [9.17, 15) is 9.59 Å². The van der Waals surface area contributed by atoms with Gasteiger partial charge >= 0.3 is 0 Å². The topological polar surface area (TPSA) is 77.1 Å². The van der Waals surface area contributed by atoms with Gasteiger partial charge in [0, 0.05) is 24.4 Å². The Morgan fingerprint density at radius 3 is 2.03 bits per heavy atom. The molecule has 1 aliphatic rings. The predicted molar refractivity (Wildman–Crippen MR) is 124 cm³/mol. The third-order valence-electron chi connectivity index (χ3n) is 5.30. The number of nitrogens with zero attached hydrogens (tertiary/aromatic N) is 1. The van der Waals surface area contributed by atoms with Crippen LogP contribution in [-0.2, 0) is 9.59 Å². The molecule has 0 fully saturated rings. The van der Waals surface area contributed by atoms with Crippen molar-refractivity contribution in [3.63, 3.8) is 0 Å². The van der Waals surface area contributed by atoms with E-state index in [1.165, 1.54) is 26.2 Å². The van der Waals surface area contributed by atoms with Crippen LogP contribution in [0.4, 0.5) is 5.69 Å². The molecule has 1 aliphatic heterocycles. The second kappa shape index (κ2) is 9.34. The summed E-state index contributed by atoms with van der Waals surface area (Å²) in [5.74, 6) is 0.818. The molecule has 0 spiro atoms. The molecule has 2 amide bonds. The number of imide groups is 1. The standard InChI is InChI=1S/C25H30N2O5/c1-14(2)13-27-24(28)21(18-9-8-15(3)10-16(18)4)22(25(27)29)26-17-11-19(30-5)23(32-7)20(12-17)31-6/h8-12,14,26H,13H2,1-7H3. The van der Waals surface area contributed by atoms with Crippen LogP contribution in [0, 0.1) is 19.8 Å². The number of hydrogen-bond donors (Lipinski definition) is 1. The van der Waals surface area contributed by atoms with Crippen molar-refractivity contribution in [3.05, 3.63) is 52.7 Å². The summed E-state index contributed by atoms with van der Waals surface area (Å²) in [6.07, 6.45) is 0. The highest BCUT2D eigenvalue weighted by Crippen LogP contribution is 2.41. The fourth-order valence-corrected chi connectivity index (χ4v) is 3.86. The second-order valence-corrected chi connectivity index (χ2v) is 8.22. The van der Waals surface area contributed by atoms with Gasteiger partial charge in [0.2, 0.25) is 5.75 Å². The summed E-state index contributed by atoms with van der Waals surface area (Å²) in [5, 5.41) is 3.17. The Kier molecular flexibility index (Phi) is 6.77. The molecule has 0 aliphatic carbocycles. The van der Waals surface area contributed by atoms with E-state index in [4.69, 9.17) is 14.2 Å². The van der Waals surface area contributed by atoms with Crippen LogP contribution in [-0.4, -0.2) is 44.6 Å². The molecule has 7 heteroatoms. The minimum Gasteiger partial charge on any atom is -0.493 e. The summed E-state index contributed by atoms with van der Waals surface area (Å²) in [7, 11) is 4.57. The van der Waals surface area contributed by atoms with Gasteiger partial charge in [-0.3, -0.25) is 14.5 Å². The van der Waals surface area contributed by atoms with Gasteiger partial charge in [-0.25, -0.2) is 0 Å². The monoisotopic (exact) mass is 438 g/mol. The van der Waals surface area contributed by atoms with E-state index in [1.54, 1.807) is 12.1 Å². The van der Waals surface area contributed by atoms with Crippen molar-refractivity contribution < 1.29 is 23.8 Å². The molecule has 0 unspecified atom stereocenters. The Balaban J connectivity index is 2.16. The van der Waals surface area contributed by atoms with Crippen LogP contribution in [0.1, 0.15) is 30.5 Å². The third kappa shape index (κ3) is 4.28. The first-order valence-electron chi connectivity index (χ1n) is 10.5. The lowest BCUT2D eigenvalue weighted by Gasteiger charge is -2.18. The first-order chi connectivity index (χ1) is 15.2. The molecule has 0 saturated heterocycles. The van der Waals surface area contributed by atoms with Crippen LogP contribution < -0.4 is 19.5 Å². The van der Waals surface area contributed by atoms with Crippen molar-refractivity contribution >= 4 is 23.1 Å². The van der Waals surface area contributed by atoms with Crippen LogP contribution in [0.2, 0.25) is 0 Å². The maximum absolute atomic E-state index is 13.4. The van der Waals surface area contributed by atoms with Gasteiger partial charge in [-0.1, -0.05) is 37.6 Å². The Morgan fingerprint density at radius 1 is 0.906 bits per heavy atom. The molecule has 0 bridgehead atoms. The SMILES string of the molecule is COc1cc(NC2=C(c3ccc(C)cc3C)C(=O)N(CC(C)C)C2=O)cc(OC)c1OC. The molecule has 7 nitrogen and oxygen atoms in total. The predicted octanol–water partition coefficient (Wildman–Crippen LogP) is 4.18. The minimum atomic E-state index is -0.354. The van der Waals surface area contributed by atoms with E-state index < -0.39 is 0 Å². The number of amides is 2. The summed E-state index contributed by atoms with van der Waals surface area (Å²) in [4.78, 5) is 28.0. The zero-order chi connectivity index (χ0) is 23.6. The van der Waals surface area contributed by atoms with Crippen LogP contribution in [0.15, 0.2) is 36.0 Å². The lowest BCUT2D eigenvalue weighted by Crippen LogP contribution is -2.35. The van der Waals surface area contributed by atoms with Gasteiger partial charge in [-0.05, 0) is 30.9 Å². The van der Waals surface area contributed by atoms with Crippen molar-refractivity contribution in [2.24, 2.45) is 5.92 Å². The van der Waals surface area contributed by atoms with Crippen LogP contribution >= 0.6 is 0 Å². The third-order valence-corrected chi connectivity index (χ3v) is 5.30. The highest BCUT2D eigenvalue weighted by Gasteiger charge is 2.40. The van der Waals surface area contributed by atoms with Gasteiger partial charge < -0.3 is 19.5 Å². The number of ether oxygens (including phenoxy) is 3. The highest BCUT2D eigenvalue weighted by molar-refractivity contribution is 6.36. The molecule has 32 heavy (non-hydrogen) atoms. The van der Waals surface area contributed by atoms with Gasteiger partial charge in [0.05, 0.1) is 26.9 Å². The molecule has 2 aromatic rings. The minimum absolute atomic E-state index is 0.142. The summed E-state index contributed by atoms with van der Waals surface area (Å²) < 4.78 is 16.2. The number of rotatable bonds is 8. The van der Waals surface area contributed by atoms with Crippen molar-refractivity contribution in [1.82, 2.24) is 4.90 Å². The van der Waals surface area contributed by atoms with Crippen molar-refractivity contribution in [1.29, 1.82) is 0 Å². The zero-order valence-corrected chi connectivity index (χ0v) is 19.7. The zero-order valence-electron chi connectivity index (χ0n) is 19.7. The van der Waals surface area contributed by atoms with Crippen LogP contribution in [0.3, 0.4) is 0 Å². The fraction of sp³-hybridized carbons (Fsp3) is 0.360. The van der Waals surface area contributed by atoms with Crippen LogP contribution in [0.25, 0.3) is 5.57 Å². The summed E-state index contributed by atoms with van der Waals surface area (Å²) in [5.41, 5.74) is 3.89. The molecular weight excluding hydrogens is 408 g/mol. The normalized spacial score (nSPS) is 13.8. The number of hydrogen-bond acceptors (Lipinski definition) is 6.